The van der Waals surface area contributed by atoms with E-state index in [2.05, 4.69) is 62.5 Å². The van der Waals surface area contributed by atoms with Crippen molar-refractivity contribution in [3.8, 4) is 0 Å². The molecule has 8 nitrogen and oxygen atoms in total. The Morgan fingerprint density at radius 2 is 1.04 bits per heavy atom. The van der Waals surface area contributed by atoms with E-state index in [1.165, 1.54) is 96.3 Å². The number of hydrogen-bond donors (Lipinski definition) is 2. The summed E-state index contributed by atoms with van der Waals surface area (Å²) in [5.74, 6) is -0.321. The molecule has 0 rings (SSSR count). The summed E-state index contributed by atoms with van der Waals surface area (Å²) in [7, 11) is -4.27. The summed E-state index contributed by atoms with van der Waals surface area (Å²) in [5, 5.41) is 0. The van der Waals surface area contributed by atoms with Crippen molar-refractivity contribution in [1.29, 1.82) is 0 Å². The van der Waals surface area contributed by atoms with Crippen molar-refractivity contribution in [3.63, 3.8) is 0 Å². The van der Waals surface area contributed by atoms with Crippen molar-refractivity contribution in [2.24, 2.45) is 5.73 Å². The third kappa shape index (κ3) is 39.3. The first-order valence-corrected chi connectivity index (χ1v) is 22.3. The molecule has 2 unspecified atom stereocenters. The summed E-state index contributed by atoms with van der Waals surface area (Å²) in [4.78, 5) is 22.2. The fourth-order valence-electron chi connectivity index (χ4n) is 5.37. The molecular weight excluding hydrogens is 673 g/mol. The Balaban J connectivity index is 4.17. The Bertz CT molecular complexity index is 979. The lowest BCUT2D eigenvalue weighted by atomic mass is 10.0. The number of phosphoric acid groups is 1. The first-order valence-electron chi connectivity index (χ1n) is 20.8. The van der Waals surface area contributed by atoms with Gasteiger partial charge in [0.15, 0.2) is 6.10 Å². The zero-order valence-corrected chi connectivity index (χ0v) is 34.2. The third-order valence-electron chi connectivity index (χ3n) is 8.53. The van der Waals surface area contributed by atoms with Crippen molar-refractivity contribution in [1.82, 2.24) is 0 Å². The van der Waals surface area contributed by atoms with Crippen LogP contribution in [0.15, 0.2) is 60.9 Å². The van der Waals surface area contributed by atoms with Crippen LogP contribution in [-0.2, 0) is 27.9 Å². The molecule has 0 heterocycles. The van der Waals surface area contributed by atoms with E-state index in [-0.39, 0.29) is 32.3 Å². The Kier molecular flexibility index (Phi) is 38.7. The van der Waals surface area contributed by atoms with Gasteiger partial charge in [-0.25, -0.2) is 4.57 Å². The predicted molar refractivity (Wildman–Crippen MR) is 219 cm³/mol. The summed E-state index contributed by atoms with van der Waals surface area (Å²) >= 11 is 0. The van der Waals surface area contributed by atoms with E-state index in [0.29, 0.717) is 6.42 Å². The first-order chi connectivity index (χ1) is 25.4. The van der Waals surface area contributed by atoms with Crippen molar-refractivity contribution >= 4 is 13.8 Å². The second-order valence-corrected chi connectivity index (χ2v) is 15.0. The quantitative estimate of drug-likeness (QED) is 0.0210. The fourth-order valence-corrected chi connectivity index (χ4v) is 6.14. The highest BCUT2D eigenvalue weighted by atomic mass is 31.2. The van der Waals surface area contributed by atoms with Gasteiger partial charge in [-0.05, 0) is 70.3 Å². The average molecular weight is 752 g/mol. The van der Waals surface area contributed by atoms with Gasteiger partial charge in [0, 0.05) is 13.0 Å². The summed E-state index contributed by atoms with van der Waals surface area (Å²) in [6.45, 7) is 4.14. The minimum absolute atomic E-state index is 0.0825. The van der Waals surface area contributed by atoms with Crippen molar-refractivity contribution in [2.45, 2.75) is 180 Å². The van der Waals surface area contributed by atoms with Gasteiger partial charge < -0.3 is 20.1 Å². The van der Waals surface area contributed by atoms with E-state index in [4.69, 9.17) is 24.3 Å². The normalized spacial score (nSPS) is 14.1. The minimum Gasteiger partial charge on any atom is -0.492 e. The number of nitrogens with two attached hydrogens (primary N) is 1. The van der Waals surface area contributed by atoms with E-state index in [1.807, 2.05) is 6.08 Å². The second-order valence-electron chi connectivity index (χ2n) is 13.6. The molecule has 0 saturated heterocycles. The molecule has 0 aliphatic carbocycles. The van der Waals surface area contributed by atoms with E-state index in [9.17, 15) is 14.3 Å². The van der Waals surface area contributed by atoms with Gasteiger partial charge in [-0.3, -0.25) is 13.8 Å². The predicted octanol–water partition coefficient (Wildman–Crippen LogP) is 12.5. The molecule has 9 heteroatoms. The van der Waals surface area contributed by atoms with Gasteiger partial charge in [0.25, 0.3) is 0 Å². The third-order valence-corrected chi connectivity index (χ3v) is 9.51. The van der Waals surface area contributed by atoms with Gasteiger partial charge >= 0.3 is 13.8 Å². The molecule has 0 aliphatic heterocycles. The van der Waals surface area contributed by atoms with Crippen LogP contribution in [0.4, 0.5) is 0 Å². The maximum atomic E-state index is 12.4. The minimum atomic E-state index is -4.27. The molecule has 0 saturated carbocycles. The van der Waals surface area contributed by atoms with Gasteiger partial charge in [-0.2, -0.15) is 0 Å². The van der Waals surface area contributed by atoms with Crippen LogP contribution in [0, 0.1) is 0 Å². The Hall–Kier alpha value is -1.96. The number of allylic oxidation sites excluding steroid dienone is 9. The Labute approximate surface area is 319 Å². The zero-order valence-electron chi connectivity index (χ0n) is 33.3. The second kappa shape index (κ2) is 40.2. The smallest absolute Gasteiger partial charge is 0.472 e. The molecule has 0 amide bonds. The number of carbonyl (C=O) groups is 1. The highest BCUT2D eigenvalue weighted by Gasteiger charge is 2.24. The largest absolute Gasteiger partial charge is 0.492 e. The van der Waals surface area contributed by atoms with E-state index < -0.39 is 13.9 Å². The summed E-state index contributed by atoms with van der Waals surface area (Å²) in [6.07, 6.45) is 49.0. The topological polar surface area (TPSA) is 117 Å². The van der Waals surface area contributed by atoms with Gasteiger partial charge in [0.05, 0.1) is 19.5 Å². The molecular formula is C43H78NO7P. The maximum absolute atomic E-state index is 12.4. The molecule has 0 aromatic carbocycles. The van der Waals surface area contributed by atoms with Crippen LogP contribution in [0.3, 0.4) is 0 Å². The standard InChI is InChI=1S/C43H78NO7P/c1-3-5-7-9-11-13-15-17-19-20-21-22-23-24-26-28-30-32-34-36-43(45)49-40-42(41-51-52(46,47)50-39-37-44)48-38-35-33-31-29-27-25-18-16-14-12-10-8-6-4-2/h11,13,17,19,21-22,24,26,35,38,42H,3-10,12,14-16,18,20,23,25,27-34,36-37,39-41,44H2,1-2H3,(H,46,47). The number of carbonyl (C=O) groups excluding carboxylic acids is 1. The van der Waals surface area contributed by atoms with E-state index in [1.54, 1.807) is 6.26 Å². The van der Waals surface area contributed by atoms with Crippen molar-refractivity contribution < 1.29 is 32.8 Å². The summed E-state index contributed by atoms with van der Waals surface area (Å²) in [5.41, 5.74) is 5.36. The van der Waals surface area contributed by atoms with Crippen molar-refractivity contribution in [2.75, 3.05) is 26.4 Å². The van der Waals surface area contributed by atoms with E-state index >= 15 is 0 Å². The molecule has 0 aliphatic rings. The number of ether oxygens (including phenoxy) is 2. The van der Waals surface area contributed by atoms with Crippen LogP contribution in [0.25, 0.3) is 0 Å². The van der Waals surface area contributed by atoms with Crippen LogP contribution >= 0.6 is 7.82 Å². The Morgan fingerprint density at radius 1 is 0.596 bits per heavy atom. The molecule has 0 aromatic rings. The molecule has 0 spiro atoms. The number of hydrogen-bond acceptors (Lipinski definition) is 7. The fraction of sp³-hybridized carbons (Fsp3) is 0.744. The van der Waals surface area contributed by atoms with Gasteiger partial charge in [0.1, 0.15) is 6.61 Å². The van der Waals surface area contributed by atoms with Gasteiger partial charge in [-0.1, -0.05) is 152 Å². The lowest BCUT2D eigenvalue weighted by Gasteiger charge is -2.19. The molecule has 0 fully saturated rings. The molecule has 0 aromatic heterocycles. The monoisotopic (exact) mass is 752 g/mol. The van der Waals surface area contributed by atoms with Gasteiger partial charge in [-0.15, -0.1) is 0 Å². The molecule has 302 valence electrons. The first kappa shape index (κ1) is 50.0. The molecule has 52 heavy (non-hydrogen) atoms. The average Bonchev–Trinajstić information content (AvgIpc) is 3.14. The van der Waals surface area contributed by atoms with Crippen molar-refractivity contribution in [3.05, 3.63) is 60.9 Å². The SMILES string of the molecule is CCCCCC=CCC=CCC=CCC=CCCCCCC(=O)OCC(COP(=O)(O)OCCN)OC=CCCCCCCCCCCCCCC. The van der Waals surface area contributed by atoms with Crippen LogP contribution in [0.1, 0.15) is 174 Å². The van der Waals surface area contributed by atoms with Crippen LogP contribution in [0.5, 0.6) is 0 Å². The van der Waals surface area contributed by atoms with E-state index in [0.717, 1.165) is 57.8 Å². The van der Waals surface area contributed by atoms with Gasteiger partial charge in [0.2, 0.25) is 0 Å². The number of unbranched alkanes of at least 4 members (excludes halogenated alkanes) is 18. The molecule has 3 N–H and O–H groups in total. The lowest BCUT2D eigenvalue weighted by molar-refractivity contribution is -0.147. The van der Waals surface area contributed by atoms with Crippen LogP contribution < -0.4 is 5.73 Å². The molecule has 0 radical (unpaired) electrons. The summed E-state index contributed by atoms with van der Waals surface area (Å²) in [6, 6.07) is 0. The lowest BCUT2D eigenvalue weighted by Crippen LogP contribution is -2.25. The molecule has 2 atom stereocenters. The number of phosphoric ester groups is 1. The maximum Gasteiger partial charge on any atom is 0.472 e. The summed E-state index contributed by atoms with van der Waals surface area (Å²) < 4.78 is 33.1. The number of rotatable bonds is 39. The highest BCUT2D eigenvalue weighted by molar-refractivity contribution is 7.47. The molecule has 0 bridgehead atoms. The number of esters is 1. The zero-order chi connectivity index (χ0) is 38.1. The van der Waals surface area contributed by atoms with Crippen LogP contribution in [0.2, 0.25) is 0 Å². The Morgan fingerprint density at radius 3 is 1.58 bits per heavy atom. The van der Waals surface area contributed by atoms with Crippen LogP contribution in [-0.4, -0.2) is 43.3 Å². The highest BCUT2D eigenvalue weighted by Crippen LogP contribution is 2.43.